The number of hydrogen-bond acceptors (Lipinski definition) is 9. The van der Waals surface area contributed by atoms with Crippen LogP contribution in [0.25, 0.3) is 0 Å². The van der Waals surface area contributed by atoms with Gasteiger partial charge in [0.15, 0.2) is 16.0 Å². The first-order valence-electron chi connectivity index (χ1n) is 9.02. The van der Waals surface area contributed by atoms with Crippen molar-refractivity contribution in [2.45, 2.75) is 26.1 Å². The fraction of sp³-hybridized carbons (Fsp3) is 0.105. The minimum Gasteiger partial charge on any atom is -0.497 e. The molecule has 1 amide bonds. The fourth-order valence-corrected chi connectivity index (χ4v) is 4.74. The Labute approximate surface area is 197 Å². The number of thiazole rings is 1. The van der Waals surface area contributed by atoms with Gasteiger partial charge < -0.3 is 4.74 Å². The molecule has 0 spiro atoms. The lowest BCUT2D eigenvalue weighted by molar-refractivity contribution is -0.140. The lowest BCUT2D eigenvalue weighted by Crippen LogP contribution is -2.15. The molecule has 0 unspecified atom stereocenters. The molecular weight excluding hydrogens is 497 g/mol. The first-order chi connectivity index (χ1) is 15.8. The molecule has 14 heteroatoms. The Kier molecular flexibility index (Phi) is 6.85. The molecule has 0 radical (unpaired) electrons. The third-order valence-electron chi connectivity index (χ3n) is 3.94. The number of amides is 1. The molecule has 4 aromatic rings. The van der Waals surface area contributed by atoms with Crippen molar-refractivity contribution in [3.05, 3.63) is 59.5 Å². The van der Waals surface area contributed by atoms with Crippen LogP contribution in [-0.4, -0.2) is 38.2 Å². The molecule has 0 bridgehead atoms. The Morgan fingerprint density at radius 2 is 1.91 bits per heavy atom. The number of carbonyl (C=O) groups excluding carboxylic acids is 1. The van der Waals surface area contributed by atoms with Gasteiger partial charge in [0.25, 0.3) is 5.91 Å². The van der Waals surface area contributed by atoms with Gasteiger partial charge >= 0.3 is 6.18 Å². The lowest BCUT2D eigenvalue weighted by Gasteiger charge is -2.10. The van der Waals surface area contributed by atoms with E-state index in [0.717, 1.165) is 22.0 Å². The summed E-state index contributed by atoms with van der Waals surface area (Å²) in [5.74, 6) is -0.00686. The van der Waals surface area contributed by atoms with E-state index >= 15 is 0 Å². The van der Waals surface area contributed by atoms with Crippen LogP contribution < -0.4 is 10.1 Å². The molecule has 3 aromatic heterocycles. The quantitative estimate of drug-likeness (QED) is 0.348. The molecule has 3 heterocycles. The zero-order valence-corrected chi connectivity index (χ0v) is 19.0. The number of pyridine rings is 1. The van der Waals surface area contributed by atoms with Gasteiger partial charge in [-0.1, -0.05) is 11.8 Å². The van der Waals surface area contributed by atoms with E-state index in [1.807, 2.05) is 12.1 Å². The van der Waals surface area contributed by atoms with Crippen LogP contribution >= 0.6 is 34.9 Å². The van der Waals surface area contributed by atoms with E-state index < -0.39 is 17.8 Å². The highest BCUT2D eigenvalue weighted by Crippen LogP contribution is 2.35. The number of halogens is 3. The number of aromatic nitrogens is 5. The number of methoxy groups -OCH3 is 1. The van der Waals surface area contributed by atoms with Crippen molar-refractivity contribution in [3.63, 3.8) is 0 Å². The van der Waals surface area contributed by atoms with Crippen molar-refractivity contribution in [1.29, 1.82) is 0 Å². The Morgan fingerprint density at radius 1 is 1.12 bits per heavy atom. The monoisotopic (exact) mass is 510 g/mol. The molecule has 0 fully saturated rings. The maximum absolute atomic E-state index is 13.0. The second kappa shape index (κ2) is 9.80. The Morgan fingerprint density at radius 3 is 2.55 bits per heavy atom. The number of carbonyl (C=O) groups is 1. The van der Waals surface area contributed by atoms with Gasteiger partial charge in [0.05, 0.1) is 7.11 Å². The predicted octanol–water partition coefficient (Wildman–Crippen LogP) is 5.24. The lowest BCUT2D eigenvalue weighted by atomic mass is 10.3. The van der Waals surface area contributed by atoms with E-state index in [2.05, 4.69) is 30.5 Å². The molecule has 2 N–H and O–H groups in total. The normalized spacial score (nSPS) is 11.4. The van der Waals surface area contributed by atoms with Crippen molar-refractivity contribution in [3.8, 4) is 5.75 Å². The van der Waals surface area contributed by atoms with E-state index in [1.165, 1.54) is 18.1 Å². The van der Waals surface area contributed by atoms with Crippen molar-refractivity contribution in [2.24, 2.45) is 0 Å². The van der Waals surface area contributed by atoms with Crippen LogP contribution in [0.1, 0.15) is 16.2 Å². The van der Waals surface area contributed by atoms with Crippen LogP contribution in [-0.2, 0) is 6.18 Å². The number of ether oxygens (including phenoxy) is 1. The molecular formula is C19H13F3N6O2S3. The minimum absolute atomic E-state index is 0.0316. The Balaban J connectivity index is 1.62. The molecule has 33 heavy (non-hydrogen) atoms. The topological polar surface area (TPSA) is 106 Å². The maximum Gasteiger partial charge on any atom is 0.434 e. The average Bonchev–Trinajstić information content (AvgIpc) is 3.47. The van der Waals surface area contributed by atoms with Gasteiger partial charge in [0.1, 0.15) is 22.8 Å². The average molecular weight is 511 g/mol. The molecule has 170 valence electrons. The molecule has 0 atom stereocenters. The van der Waals surface area contributed by atoms with E-state index in [4.69, 9.17) is 4.74 Å². The standard InChI is InChI=1S/C19H13F3N6O2S3/c1-30-10-2-4-11(5-3-10)32-12-6-7-14(33-17-23-9-24-28-17)26-15(12)16(29)27-18-25-13(8-31-18)19(20,21)22/h2-9H,1H3,(H,23,24,28)(H,25,27,29). The number of hydrogen-bond donors (Lipinski definition) is 2. The summed E-state index contributed by atoms with van der Waals surface area (Å²) in [6.07, 6.45) is -3.26. The van der Waals surface area contributed by atoms with E-state index in [0.29, 0.717) is 32.2 Å². The smallest absolute Gasteiger partial charge is 0.434 e. The number of alkyl halides is 3. The molecule has 4 rings (SSSR count). The summed E-state index contributed by atoms with van der Waals surface area (Å²) < 4.78 is 43.7. The number of aromatic amines is 1. The number of H-pyrrole nitrogens is 1. The van der Waals surface area contributed by atoms with Crippen LogP contribution in [0.5, 0.6) is 5.75 Å². The van der Waals surface area contributed by atoms with E-state index in [9.17, 15) is 18.0 Å². The summed E-state index contributed by atoms with van der Waals surface area (Å²) in [6.45, 7) is 0. The summed E-state index contributed by atoms with van der Waals surface area (Å²) in [5.41, 5.74) is -1.04. The third-order valence-corrected chi connectivity index (χ3v) is 6.59. The highest BCUT2D eigenvalue weighted by molar-refractivity contribution is 7.99. The molecule has 0 saturated heterocycles. The highest BCUT2D eigenvalue weighted by atomic mass is 32.2. The van der Waals surface area contributed by atoms with E-state index in [1.54, 1.807) is 31.4 Å². The molecule has 0 saturated carbocycles. The summed E-state index contributed by atoms with van der Waals surface area (Å²) in [6, 6.07) is 10.6. The zero-order chi connectivity index (χ0) is 23.4. The third kappa shape index (κ3) is 5.83. The van der Waals surface area contributed by atoms with Gasteiger partial charge in [-0.05, 0) is 48.2 Å². The van der Waals surface area contributed by atoms with Crippen LogP contribution in [0.3, 0.4) is 0 Å². The largest absolute Gasteiger partial charge is 0.497 e. The molecule has 8 nitrogen and oxygen atoms in total. The Bertz CT molecular complexity index is 1250. The SMILES string of the molecule is COc1ccc(Sc2ccc(Sc3ncn[nH]3)nc2C(=O)Nc2nc(C(F)(F)F)cs2)cc1. The first kappa shape index (κ1) is 23.1. The summed E-state index contributed by atoms with van der Waals surface area (Å²) in [7, 11) is 1.56. The maximum atomic E-state index is 13.0. The second-order valence-corrected chi connectivity index (χ2v) is 9.14. The molecule has 0 aliphatic carbocycles. The molecule has 0 aliphatic heterocycles. The van der Waals surface area contributed by atoms with Crippen molar-refractivity contribution < 1.29 is 22.7 Å². The highest BCUT2D eigenvalue weighted by Gasteiger charge is 2.34. The van der Waals surface area contributed by atoms with E-state index in [-0.39, 0.29) is 10.8 Å². The number of rotatable bonds is 7. The van der Waals surface area contributed by atoms with Crippen molar-refractivity contribution in [1.82, 2.24) is 25.1 Å². The number of benzene rings is 1. The predicted molar refractivity (Wildman–Crippen MR) is 117 cm³/mol. The summed E-state index contributed by atoms with van der Waals surface area (Å²) in [4.78, 5) is 26.2. The minimum atomic E-state index is -4.60. The summed E-state index contributed by atoms with van der Waals surface area (Å²) in [5, 5.41) is 10.4. The zero-order valence-electron chi connectivity index (χ0n) is 16.6. The van der Waals surface area contributed by atoms with Crippen LogP contribution in [0.15, 0.2) is 68.1 Å². The molecule has 1 aromatic carbocycles. The van der Waals surface area contributed by atoms with Gasteiger partial charge in [-0.25, -0.2) is 15.0 Å². The first-order valence-corrected chi connectivity index (χ1v) is 11.5. The van der Waals surface area contributed by atoms with Crippen molar-refractivity contribution >= 4 is 45.9 Å². The van der Waals surface area contributed by atoms with Gasteiger partial charge in [-0.15, -0.1) is 11.3 Å². The van der Waals surface area contributed by atoms with Gasteiger partial charge in [0.2, 0.25) is 0 Å². The van der Waals surface area contributed by atoms with Crippen LogP contribution in [0.4, 0.5) is 18.3 Å². The number of nitrogens with zero attached hydrogens (tertiary/aromatic N) is 4. The second-order valence-electron chi connectivity index (χ2n) is 6.16. The fourth-order valence-electron chi connectivity index (χ4n) is 2.46. The number of nitrogens with one attached hydrogen (secondary N) is 2. The van der Waals surface area contributed by atoms with Gasteiger partial charge in [-0.2, -0.15) is 18.3 Å². The van der Waals surface area contributed by atoms with Crippen LogP contribution in [0.2, 0.25) is 0 Å². The van der Waals surface area contributed by atoms with Crippen molar-refractivity contribution in [2.75, 3.05) is 12.4 Å². The summed E-state index contributed by atoms with van der Waals surface area (Å²) >= 11 is 3.11. The molecule has 0 aliphatic rings. The Hall–Kier alpha value is -3.10. The van der Waals surface area contributed by atoms with Crippen LogP contribution in [0, 0.1) is 0 Å². The van der Waals surface area contributed by atoms with Gasteiger partial charge in [0, 0.05) is 15.2 Å². The number of anilines is 1. The van der Waals surface area contributed by atoms with Gasteiger partial charge in [-0.3, -0.25) is 15.2 Å².